The SMILES string of the molecule is O=C(CC(F)(F)F)N1c2ccccc2CCC1CN1CCN(c2cccc3c2OCCO3)CC1. The van der Waals surface area contributed by atoms with Crippen LogP contribution >= 0.6 is 0 Å². The number of carbonyl (C=O) groups excluding carboxylic acids is 1. The lowest BCUT2D eigenvalue weighted by Crippen LogP contribution is -2.54. The van der Waals surface area contributed by atoms with Crippen molar-refractivity contribution >= 4 is 17.3 Å². The number of alkyl halides is 3. The molecule has 0 radical (unpaired) electrons. The quantitative estimate of drug-likeness (QED) is 0.672. The minimum Gasteiger partial charge on any atom is -0.486 e. The summed E-state index contributed by atoms with van der Waals surface area (Å²) in [5, 5.41) is 0. The molecule has 0 aromatic heterocycles. The van der Waals surface area contributed by atoms with Crippen LogP contribution in [0.2, 0.25) is 0 Å². The van der Waals surface area contributed by atoms with Crippen LogP contribution in [-0.4, -0.2) is 69.0 Å². The van der Waals surface area contributed by atoms with Gasteiger partial charge in [-0.25, -0.2) is 0 Å². The molecule has 3 aliphatic heterocycles. The summed E-state index contributed by atoms with van der Waals surface area (Å²) in [4.78, 5) is 18.7. The second-order valence-electron chi connectivity index (χ2n) is 8.97. The van der Waals surface area contributed by atoms with E-state index in [2.05, 4.69) is 9.80 Å². The third kappa shape index (κ3) is 4.80. The maximum atomic E-state index is 13.1. The van der Waals surface area contributed by atoms with Gasteiger partial charge < -0.3 is 19.3 Å². The van der Waals surface area contributed by atoms with Crippen molar-refractivity contribution in [2.24, 2.45) is 0 Å². The molecule has 0 saturated carbocycles. The molecule has 2 aromatic carbocycles. The van der Waals surface area contributed by atoms with Crippen LogP contribution in [0.5, 0.6) is 11.5 Å². The molecule has 34 heavy (non-hydrogen) atoms. The van der Waals surface area contributed by atoms with Gasteiger partial charge in [-0.3, -0.25) is 9.69 Å². The zero-order valence-corrected chi connectivity index (χ0v) is 18.9. The van der Waals surface area contributed by atoms with Gasteiger partial charge in [0.25, 0.3) is 0 Å². The first kappa shape index (κ1) is 22.8. The van der Waals surface area contributed by atoms with Crippen LogP contribution in [0.25, 0.3) is 0 Å². The van der Waals surface area contributed by atoms with E-state index >= 15 is 0 Å². The fraction of sp³-hybridized carbons (Fsp3) is 0.480. The Hall–Kier alpha value is -2.94. The van der Waals surface area contributed by atoms with Crippen LogP contribution in [0.4, 0.5) is 24.5 Å². The highest BCUT2D eigenvalue weighted by Gasteiger charge is 2.39. The topological polar surface area (TPSA) is 45.3 Å². The first-order chi connectivity index (χ1) is 16.4. The Balaban J connectivity index is 1.27. The van der Waals surface area contributed by atoms with E-state index in [9.17, 15) is 18.0 Å². The normalized spacial score (nSPS) is 20.7. The maximum absolute atomic E-state index is 13.1. The van der Waals surface area contributed by atoms with E-state index in [4.69, 9.17) is 9.47 Å². The zero-order valence-electron chi connectivity index (χ0n) is 18.9. The number of rotatable bonds is 4. The van der Waals surface area contributed by atoms with Crippen molar-refractivity contribution in [1.29, 1.82) is 0 Å². The number of anilines is 2. The van der Waals surface area contributed by atoms with Gasteiger partial charge in [-0.1, -0.05) is 24.3 Å². The van der Waals surface area contributed by atoms with E-state index in [1.165, 1.54) is 4.90 Å². The van der Waals surface area contributed by atoms with Crippen molar-refractivity contribution in [1.82, 2.24) is 4.90 Å². The van der Waals surface area contributed by atoms with Crippen molar-refractivity contribution in [3.8, 4) is 11.5 Å². The van der Waals surface area contributed by atoms with Gasteiger partial charge in [0, 0.05) is 44.5 Å². The van der Waals surface area contributed by atoms with E-state index < -0.39 is 18.5 Å². The molecule has 5 rings (SSSR count). The molecule has 1 saturated heterocycles. The molecule has 0 spiro atoms. The van der Waals surface area contributed by atoms with Crippen LogP contribution in [0.15, 0.2) is 42.5 Å². The Morgan fingerprint density at radius 2 is 1.68 bits per heavy atom. The molecule has 0 N–H and O–H groups in total. The van der Waals surface area contributed by atoms with Gasteiger partial charge in [0.2, 0.25) is 5.91 Å². The number of hydrogen-bond donors (Lipinski definition) is 0. The maximum Gasteiger partial charge on any atom is 0.397 e. The highest BCUT2D eigenvalue weighted by molar-refractivity contribution is 5.95. The van der Waals surface area contributed by atoms with E-state index in [0.29, 0.717) is 31.9 Å². The van der Waals surface area contributed by atoms with Gasteiger partial charge in [0.15, 0.2) is 11.5 Å². The van der Waals surface area contributed by atoms with E-state index in [1.807, 2.05) is 30.3 Å². The number of para-hydroxylation sites is 2. The molecular weight excluding hydrogens is 447 g/mol. The van der Waals surface area contributed by atoms with Crippen molar-refractivity contribution in [2.75, 3.05) is 55.7 Å². The van der Waals surface area contributed by atoms with Crippen LogP contribution < -0.4 is 19.3 Å². The molecule has 1 fully saturated rings. The molecule has 0 aliphatic carbocycles. The van der Waals surface area contributed by atoms with Gasteiger partial charge in [-0.15, -0.1) is 0 Å². The van der Waals surface area contributed by atoms with E-state index in [-0.39, 0.29) is 6.04 Å². The smallest absolute Gasteiger partial charge is 0.397 e. The number of benzene rings is 2. The molecule has 3 aliphatic rings. The minimum absolute atomic E-state index is 0.280. The molecule has 6 nitrogen and oxygen atoms in total. The van der Waals surface area contributed by atoms with Crippen molar-refractivity contribution in [3.63, 3.8) is 0 Å². The number of amides is 1. The number of ether oxygens (including phenoxy) is 2. The molecule has 1 unspecified atom stereocenters. The third-order valence-corrected chi connectivity index (χ3v) is 6.71. The summed E-state index contributed by atoms with van der Waals surface area (Å²) < 4.78 is 50.7. The average Bonchev–Trinajstić information content (AvgIpc) is 2.83. The molecule has 182 valence electrons. The second kappa shape index (κ2) is 9.37. The Bertz CT molecular complexity index is 1040. The average molecular weight is 476 g/mol. The summed E-state index contributed by atoms with van der Waals surface area (Å²) in [6.45, 7) is 4.65. The predicted molar refractivity (Wildman–Crippen MR) is 123 cm³/mol. The highest BCUT2D eigenvalue weighted by Crippen LogP contribution is 2.40. The fourth-order valence-corrected chi connectivity index (χ4v) is 5.15. The Labute approximate surface area is 196 Å². The lowest BCUT2D eigenvalue weighted by Gasteiger charge is -2.43. The number of halogens is 3. The highest BCUT2D eigenvalue weighted by atomic mass is 19.4. The van der Waals surface area contributed by atoms with Gasteiger partial charge in [0.1, 0.15) is 19.6 Å². The lowest BCUT2D eigenvalue weighted by atomic mass is 9.94. The predicted octanol–water partition coefficient (Wildman–Crippen LogP) is 3.88. The summed E-state index contributed by atoms with van der Waals surface area (Å²) in [6.07, 6.45) is -4.56. The van der Waals surface area contributed by atoms with Crippen LogP contribution in [0.1, 0.15) is 18.4 Å². The third-order valence-electron chi connectivity index (χ3n) is 6.71. The summed E-state index contributed by atoms with van der Waals surface area (Å²) in [7, 11) is 0. The molecule has 0 bridgehead atoms. The molecule has 1 amide bonds. The number of hydrogen-bond acceptors (Lipinski definition) is 5. The summed E-state index contributed by atoms with van der Waals surface area (Å²) in [6, 6.07) is 12.9. The summed E-state index contributed by atoms with van der Waals surface area (Å²) in [5.41, 5.74) is 2.54. The van der Waals surface area contributed by atoms with Gasteiger partial charge in [-0.2, -0.15) is 13.2 Å². The Morgan fingerprint density at radius 1 is 0.941 bits per heavy atom. The fourth-order valence-electron chi connectivity index (χ4n) is 5.15. The van der Waals surface area contributed by atoms with Crippen molar-refractivity contribution < 1.29 is 27.4 Å². The van der Waals surface area contributed by atoms with Gasteiger partial charge in [-0.05, 0) is 36.6 Å². The van der Waals surface area contributed by atoms with Gasteiger partial charge >= 0.3 is 6.18 Å². The zero-order chi connectivity index (χ0) is 23.7. The standard InChI is InChI=1S/C25H28F3N3O3/c26-25(27,28)16-23(32)31-19(9-8-18-4-1-2-5-20(18)31)17-29-10-12-30(13-11-29)21-6-3-7-22-24(21)34-15-14-33-22/h1-7,19H,8-17H2. The first-order valence-corrected chi connectivity index (χ1v) is 11.7. The minimum atomic E-state index is -4.53. The Kier molecular flexibility index (Phi) is 6.29. The van der Waals surface area contributed by atoms with Crippen LogP contribution in [-0.2, 0) is 11.2 Å². The number of carbonyl (C=O) groups is 1. The first-order valence-electron chi connectivity index (χ1n) is 11.7. The molecule has 2 aromatic rings. The van der Waals surface area contributed by atoms with E-state index in [0.717, 1.165) is 55.3 Å². The monoisotopic (exact) mass is 475 g/mol. The van der Waals surface area contributed by atoms with Crippen molar-refractivity contribution in [3.05, 3.63) is 48.0 Å². The molecule has 9 heteroatoms. The lowest BCUT2D eigenvalue weighted by molar-refractivity contribution is -0.152. The number of fused-ring (bicyclic) bond motifs is 2. The second-order valence-corrected chi connectivity index (χ2v) is 8.97. The number of aryl methyl sites for hydroxylation is 1. The summed E-state index contributed by atoms with van der Waals surface area (Å²) >= 11 is 0. The van der Waals surface area contributed by atoms with Crippen molar-refractivity contribution in [2.45, 2.75) is 31.5 Å². The Morgan fingerprint density at radius 3 is 2.47 bits per heavy atom. The molecule has 3 heterocycles. The van der Waals surface area contributed by atoms with Crippen LogP contribution in [0.3, 0.4) is 0 Å². The van der Waals surface area contributed by atoms with E-state index in [1.54, 1.807) is 12.1 Å². The van der Waals surface area contributed by atoms with Gasteiger partial charge in [0.05, 0.1) is 5.69 Å². The largest absolute Gasteiger partial charge is 0.486 e. The molecular formula is C25H28F3N3O3. The van der Waals surface area contributed by atoms with Crippen LogP contribution in [0, 0.1) is 0 Å². The molecule has 1 atom stereocenters. The number of nitrogens with zero attached hydrogens (tertiary/aromatic N) is 3. The summed E-state index contributed by atoms with van der Waals surface area (Å²) in [5.74, 6) is 0.650. The number of piperazine rings is 1.